The van der Waals surface area contributed by atoms with Crippen LogP contribution >= 0.6 is 0 Å². The quantitative estimate of drug-likeness (QED) is 0.499. The molecule has 1 aliphatic rings. The van der Waals surface area contributed by atoms with Crippen LogP contribution in [0.4, 0.5) is 5.82 Å². The van der Waals surface area contributed by atoms with Gasteiger partial charge < -0.3 is 5.32 Å². The minimum atomic E-state index is -0.332. The Labute approximate surface area is 186 Å². The molecule has 1 aliphatic heterocycles. The van der Waals surface area contributed by atoms with E-state index >= 15 is 0 Å². The topological polar surface area (TPSA) is 99.7 Å². The maximum atomic E-state index is 12.8. The Bertz CT molecular complexity index is 1210. The second kappa shape index (κ2) is 9.23. The van der Waals surface area contributed by atoms with Crippen molar-refractivity contribution in [1.29, 1.82) is 0 Å². The highest BCUT2D eigenvalue weighted by molar-refractivity contribution is 6.11. The molecule has 4 aromatic rings. The zero-order valence-corrected chi connectivity index (χ0v) is 17.8. The molecule has 0 unspecified atom stereocenters. The Kier molecular flexibility index (Phi) is 5.85. The first-order chi connectivity index (χ1) is 15.8. The third-order valence-electron chi connectivity index (χ3n) is 5.82. The molecule has 1 saturated heterocycles. The minimum Gasteiger partial charge on any atom is -0.304 e. The van der Waals surface area contributed by atoms with E-state index in [1.165, 1.54) is 43.6 Å². The van der Waals surface area contributed by atoms with Crippen molar-refractivity contribution in [3.63, 3.8) is 0 Å². The SMILES string of the molecule is O=C(Nc1cnccn1)c1n[nH]c2ccc(-c3cncc(CN4CCCCCC4)c3)cc12. The lowest BCUT2D eigenvalue weighted by molar-refractivity contribution is 0.102. The molecule has 0 aliphatic carbocycles. The number of amides is 1. The van der Waals surface area contributed by atoms with Crippen LogP contribution < -0.4 is 5.32 Å². The van der Waals surface area contributed by atoms with Gasteiger partial charge in [0.25, 0.3) is 5.91 Å². The highest BCUT2D eigenvalue weighted by atomic mass is 16.2. The van der Waals surface area contributed by atoms with Gasteiger partial charge >= 0.3 is 0 Å². The first-order valence-electron chi connectivity index (χ1n) is 11.0. The van der Waals surface area contributed by atoms with Crippen molar-refractivity contribution in [2.24, 2.45) is 0 Å². The van der Waals surface area contributed by atoms with Crippen LogP contribution in [-0.4, -0.2) is 49.0 Å². The van der Waals surface area contributed by atoms with E-state index in [1.807, 2.05) is 30.6 Å². The van der Waals surface area contributed by atoms with Gasteiger partial charge in [-0.25, -0.2) is 4.98 Å². The van der Waals surface area contributed by atoms with Gasteiger partial charge in [-0.15, -0.1) is 0 Å². The summed E-state index contributed by atoms with van der Waals surface area (Å²) in [7, 11) is 0. The largest absolute Gasteiger partial charge is 0.304 e. The van der Waals surface area contributed by atoms with Crippen LogP contribution in [-0.2, 0) is 6.54 Å². The molecular formula is C24H25N7O. The Morgan fingerprint density at radius 3 is 2.66 bits per heavy atom. The van der Waals surface area contributed by atoms with Crippen molar-refractivity contribution in [3.8, 4) is 11.1 Å². The van der Waals surface area contributed by atoms with Crippen molar-refractivity contribution in [2.45, 2.75) is 32.2 Å². The average molecular weight is 428 g/mol. The van der Waals surface area contributed by atoms with Crippen LogP contribution in [0.25, 0.3) is 22.0 Å². The maximum absolute atomic E-state index is 12.8. The smallest absolute Gasteiger partial charge is 0.277 e. The van der Waals surface area contributed by atoms with E-state index < -0.39 is 0 Å². The van der Waals surface area contributed by atoms with Gasteiger partial charge in [-0.2, -0.15) is 5.10 Å². The predicted octanol–water partition coefficient (Wildman–Crippen LogP) is 4.04. The fourth-order valence-corrected chi connectivity index (χ4v) is 4.19. The third-order valence-corrected chi connectivity index (χ3v) is 5.82. The number of rotatable bonds is 5. The number of aromatic nitrogens is 5. The van der Waals surface area contributed by atoms with Gasteiger partial charge in [0.15, 0.2) is 11.5 Å². The minimum absolute atomic E-state index is 0.321. The third kappa shape index (κ3) is 4.50. The van der Waals surface area contributed by atoms with Gasteiger partial charge in [0.1, 0.15) is 0 Å². The number of anilines is 1. The molecule has 2 N–H and O–H groups in total. The molecule has 0 saturated carbocycles. The number of benzene rings is 1. The Balaban J connectivity index is 1.40. The van der Waals surface area contributed by atoms with Crippen molar-refractivity contribution < 1.29 is 4.79 Å². The van der Waals surface area contributed by atoms with E-state index in [0.717, 1.165) is 41.7 Å². The van der Waals surface area contributed by atoms with Gasteiger partial charge in [0.05, 0.1) is 11.7 Å². The molecule has 3 aromatic heterocycles. The first-order valence-corrected chi connectivity index (χ1v) is 11.0. The van der Waals surface area contributed by atoms with Crippen molar-refractivity contribution in [3.05, 3.63) is 66.5 Å². The Morgan fingerprint density at radius 2 is 1.84 bits per heavy atom. The normalized spacial score (nSPS) is 14.9. The molecule has 0 atom stereocenters. The number of H-pyrrole nitrogens is 1. The summed E-state index contributed by atoms with van der Waals surface area (Å²) >= 11 is 0. The van der Waals surface area contributed by atoms with E-state index in [2.05, 4.69) is 41.4 Å². The second-order valence-corrected chi connectivity index (χ2v) is 8.15. The number of carbonyl (C=O) groups excluding carboxylic acids is 1. The molecule has 1 fully saturated rings. The fourth-order valence-electron chi connectivity index (χ4n) is 4.19. The first kappa shape index (κ1) is 20.3. The fraction of sp³-hybridized carbons (Fsp3) is 0.292. The summed E-state index contributed by atoms with van der Waals surface area (Å²) < 4.78 is 0. The van der Waals surface area contributed by atoms with E-state index in [0.29, 0.717) is 11.5 Å². The lowest BCUT2D eigenvalue weighted by atomic mass is 10.0. The second-order valence-electron chi connectivity index (χ2n) is 8.15. The Morgan fingerprint density at radius 1 is 0.969 bits per heavy atom. The van der Waals surface area contributed by atoms with Crippen LogP contribution in [0.1, 0.15) is 41.7 Å². The molecule has 1 amide bonds. The highest BCUT2D eigenvalue weighted by Gasteiger charge is 2.16. The van der Waals surface area contributed by atoms with E-state index in [-0.39, 0.29) is 5.91 Å². The standard InChI is InChI=1S/C24H25N7O/c32-24(28-22-15-25-7-8-27-22)23-20-12-18(5-6-21(20)29-30-23)19-11-17(13-26-14-19)16-31-9-3-1-2-4-10-31/h5-8,11-15H,1-4,9-10,16H2,(H,29,30)(H,27,28,32). The summed E-state index contributed by atoms with van der Waals surface area (Å²) in [6, 6.07) is 8.14. The summed E-state index contributed by atoms with van der Waals surface area (Å²) in [5.74, 6) is 0.0529. The zero-order valence-electron chi connectivity index (χ0n) is 17.8. The molecule has 0 bridgehead atoms. The van der Waals surface area contributed by atoms with Crippen LogP contribution in [0.15, 0.2) is 55.2 Å². The van der Waals surface area contributed by atoms with Crippen LogP contribution in [0.2, 0.25) is 0 Å². The van der Waals surface area contributed by atoms with Gasteiger partial charge in [0, 0.05) is 42.3 Å². The van der Waals surface area contributed by atoms with Gasteiger partial charge in [-0.1, -0.05) is 18.9 Å². The summed E-state index contributed by atoms with van der Waals surface area (Å²) in [4.78, 5) is 27.8. The maximum Gasteiger partial charge on any atom is 0.277 e. The lowest BCUT2D eigenvalue weighted by Gasteiger charge is -2.19. The van der Waals surface area contributed by atoms with Gasteiger partial charge in [0.2, 0.25) is 0 Å². The summed E-state index contributed by atoms with van der Waals surface area (Å²) in [5, 5.41) is 10.7. The molecule has 162 valence electrons. The number of carbonyl (C=O) groups is 1. The highest BCUT2D eigenvalue weighted by Crippen LogP contribution is 2.26. The number of nitrogens with one attached hydrogen (secondary N) is 2. The molecule has 4 heterocycles. The molecule has 0 radical (unpaired) electrons. The Hall–Kier alpha value is -3.65. The number of nitrogens with zero attached hydrogens (tertiary/aromatic N) is 5. The number of aromatic amines is 1. The van der Waals surface area contributed by atoms with Gasteiger partial charge in [-0.3, -0.25) is 24.8 Å². The molecular weight excluding hydrogens is 402 g/mol. The summed E-state index contributed by atoms with van der Waals surface area (Å²) in [6.07, 6.45) is 13.6. The molecule has 8 heteroatoms. The van der Waals surface area contributed by atoms with Crippen LogP contribution in [0, 0.1) is 0 Å². The van der Waals surface area contributed by atoms with Crippen LogP contribution in [0.5, 0.6) is 0 Å². The molecule has 1 aromatic carbocycles. The van der Waals surface area contributed by atoms with Crippen molar-refractivity contribution in [2.75, 3.05) is 18.4 Å². The number of pyridine rings is 1. The van der Waals surface area contributed by atoms with E-state index in [4.69, 9.17) is 0 Å². The zero-order chi connectivity index (χ0) is 21.8. The van der Waals surface area contributed by atoms with E-state index in [1.54, 1.807) is 6.20 Å². The number of fused-ring (bicyclic) bond motifs is 1. The van der Waals surface area contributed by atoms with Gasteiger partial charge in [-0.05, 0) is 55.3 Å². The predicted molar refractivity (Wildman–Crippen MR) is 123 cm³/mol. The number of hydrogen-bond acceptors (Lipinski definition) is 6. The van der Waals surface area contributed by atoms with Crippen molar-refractivity contribution in [1.82, 2.24) is 30.0 Å². The van der Waals surface area contributed by atoms with Crippen molar-refractivity contribution >= 4 is 22.6 Å². The number of hydrogen-bond donors (Lipinski definition) is 2. The number of likely N-dealkylation sites (tertiary alicyclic amines) is 1. The molecule has 32 heavy (non-hydrogen) atoms. The molecule has 5 rings (SSSR count). The lowest BCUT2D eigenvalue weighted by Crippen LogP contribution is -2.24. The van der Waals surface area contributed by atoms with Crippen LogP contribution in [0.3, 0.4) is 0 Å². The summed E-state index contributed by atoms with van der Waals surface area (Å²) in [5.41, 5.74) is 4.35. The molecule has 8 nitrogen and oxygen atoms in total. The molecule has 0 spiro atoms. The monoisotopic (exact) mass is 427 g/mol. The van der Waals surface area contributed by atoms with E-state index in [9.17, 15) is 4.79 Å². The summed E-state index contributed by atoms with van der Waals surface area (Å²) in [6.45, 7) is 3.21. The average Bonchev–Trinajstić information content (AvgIpc) is 3.08.